The second-order valence-electron chi connectivity index (χ2n) is 5.13. The Morgan fingerprint density at radius 1 is 1.25 bits per heavy atom. The normalized spacial score (nSPS) is 20.8. The Morgan fingerprint density at radius 2 is 1.95 bits per heavy atom. The summed E-state index contributed by atoms with van der Waals surface area (Å²) in [7, 11) is 3.36. The number of anilines is 1. The number of rotatable bonds is 3. The van der Waals surface area contributed by atoms with Crippen LogP contribution in [0.25, 0.3) is 0 Å². The molecule has 2 unspecified atom stereocenters. The zero-order valence-corrected chi connectivity index (χ0v) is 11.7. The maximum absolute atomic E-state index is 12.2. The number of hydrogen-bond acceptors (Lipinski definition) is 3. The second kappa shape index (κ2) is 5.88. The lowest BCUT2D eigenvalue weighted by molar-refractivity contribution is -0.118. The van der Waals surface area contributed by atoms with Gasteiger partial charge in [0.05, 0.1) is 17.2 Å². The van der Waals surface area contributed by atoms with Crippen LogP contribution >= 0.6 is 0 Å². The molecule has 20 heavy (non-hydrogen) atoms. The Hall–Kier alpha value is -2.14. The molecule has 106 valence electrons. The van der Waals surface area contributed by atoms with E-state index in [2.05, 4.69) is 5.32 Å². The zero-order chi connectivity index (χ0) is 14.7. The molecule has 0 aromatic heterocycles. The Kier molecular flexibility index (Phi) is 4.20. The molecule has 0 aliphatic heterocycles. The van der Waals surface area contributed by atoms with Gasteiger partial charge >= 0.3 is 0 Å². The summed E-state index contributed by atoms with van der Waals surface area (Å²) in [4.78, 5) is 25.7. The highest BCUT2D eigenvalue weighted by Gasteiger charge is 2.24. The van der Waals surface area contributed by atoms with Gasteiger partial charge in [-0.1, -0.05) is 24.3 Å². The molecule has 2 rings (SSSR count). The molecular weight excluding hydrogens is 254 g/mol. The van der Waals surface area contributed by atoms with Gasteiger partial charge in [0.25, 0.3) is 5.91 Å². The van der Waals surface area contributed by atoms with Gasteiger partial charge in [-0.3, -0.25) is 9.59 Å². The van der Waals surface area contributed by atoms with Crippen LogP contribution in [0.1, 0.15) is 16.8 Å². The lowest BCUT2D eigenvalue weighted by Gasteiger charge is -2.16. The predicted molar refractivity (Wildman–Crippen MR) is 78.3 cm³/mol. The van der Waals surface area contributed by atoms with Gasteiger partial charge in [0, 0.05) is 20.1 Å². The van der Waals surface area contributed by atoms with Crippen molar-refractivity contribution in [1.29, 1.82) is 0 Å². The highest BCUT2D eigenvalue weighted by atomic mass is 16.2. The van der Waals surface area contributed by atoms with Crippen molar-refractivity contribution in [2.45, 2.75) is 12.5 Å². The number of nitrogens with one attached hydrogen (secondary N) is 1. The molecule has 1 aliphatic carbocycles. The van der Waals surface area contributed by atoms with Crippen molar-refractivity contribution in [3.63, 3.8) is 0 Å². The molecule has 3 N–H and O–H groups in total. The van der Waals surface area contributed by atoms with E-state index in [1.165, 1.54) is 4.90 Å². The van der Waals surface area contributed by atoms with E-state index in [4.69, 9.17) is 5.73 Å². The van der Waals surface area contributed by atoms with Gasteiger partial charge in [0.2, 0.25) is 5.91 Å². The minimum absolute atomic E-state index is 0.0654. The van der Waals surface area contributed by atoms with Crippen molar-refractivity contribution < 1.29 is 9.59 Å². The van der Waals surface area contributed by atoms with E-state index in [0.29, 0.717) is 17.7 Å². The maximum Gasteiger partial charge on any atom is 0.255 e. The molecule has 2 amide bonds. The monoisotopic (exact) mass is 273 g/mol. The van der Waals surface area contributed by atoms with Crippen LogP contribution in [0.15, 0.2) is 36.4 Å². The number of amides is 2. The van der Waals surface area contributed by atoms with Crippen molar-refractivity contribution in [1.82, 2.24) is 4.90 Å². The van der Waals surface area contributed by atoms with Gasteiger partial charge in [-0.2, -0.15) is 0 Å². The first kappa shape index (κ1) is 14.3. The van der Waals surface area contributed by atoms with E-state index in [1.54, 1.807) is 38.4 Å². The van der Waals surface area contributed by atoms with Crippen molar-refractivity contribution >= 4 is 17.5 Å². The first-order chi connectivity index (χ1) is 9.49. The number of hydrogen-bond donors (Lipinski definition) is 2. The summed E-state index contributed by atoms with van der Waals surface area (Å²) in [5, 5.41) is 2.82. The lowest BCUT2D eigenvalue weighted by atomic mass is 10.1. The molecule has 5 heteroatoms. The number of nitrogens with two attached hydrogens (primary N) is 1. The summed E-state index contributed by atoms with van der Waals surface area (Å²) >= 11 is 0. The molecule has 5 nitrogen and oxygen atoms in total. The molecule has 0 bridgehead atoms. The molecule has 2 atom stereocenters. The maximum atomic E-state index is 12.2. The molecule has 0 fully saturated rings. The van der Waals surface area contributed by atoms with Crippen LogP contribution in [0, 0.1) is 5.92 Å². The molecule has 0 saturated carbocycles. The molecule has 0 radical (unpaired) electrons. The molecule has 0 heterocycles. The van der Waals surface area contributed by atoms with Crippen LogP contribution in [0.5, 0.6) is 0 Å². The summed E-state index contributed by atoms with van der Waals surface area (Å²) < 4.78 is 0. The van der Waals surface area contributed by atoms with Crippen LogP contribution in [0.3, 0.4) is 0 Å². The first-order valence-electron chi connectivity index (χ1n) is 6.54. The second-order valence-corrected chi connectivity index (χ2v) is 5.13. The van der Waals surface area contributed by atoms with Gasteiger partial charge in [-0.05, 0) is 18.6 Å². The third-order valence-electron chi connectivity index (χ3n) is 3.28. The smallest absolute Gasteiger partial charge is 0.255 e. The SMILES string of the molecule is CN(C)C(=O)c1ccccc1NC(=O)C1C=CC(N)C1. The summed E-state index contributed by atoms with van der Waals surface area (Å²) in [6.45, 7) is 0. The fraction of sp³-hybridized carbons (Fsp3) is 0.333. The van der Waals surface area contributed by atoms with E-state index in [-0.39, 0.29) is 23.8 Å². The minimum Gasteiger partial charge on any atom is -0.345 e. The molecule has 0 saturated heterocycles. The average Bonchev–Trinajstić information content (AvgIpc) is 2.85. The van der Waals surface area contributed by atoms with E-state index < -0.39 is 0 Å². The van der Waals surface area contributed by atoms with Crippen molar-refractivity contribution in [2.24, 2.45) is 11.7 Å². The quantitative estimate of drug-likeness (QED) is 0.813. The Morgan fingerprint density at radius 3 is 2.55 bits per heavy atom. The van der Waals surface area contributed by atoms with Crippen LogP contribution in [-0.4, -0.2) is 36.9 Å². The fourth-order valence-electron chi connectivity index (χ4n) is 2.17. The number of para-hydroxylation sites is 1. The van der Waals surface area contributed by atoms with Crippen molar-refractivity contribution in [3.8, 4) is 0 Å². The molecule has 1 aromatic rings. The Bertz CT molecular complexity index is 552. The largest absolute Gasteiger partial charge is 0.345 e. The summed E-state index contributed by atoms with van der Waals surface area (Å²) in [5.41, 5.74) is 6.76. The highest BCUT2D eigenvalue weighted by Crippen LogP contribution is 2.21. The summed E-state index contributed by atoms with van der Waals surface area (Å²) in [6.07, 6.45) is 4.26. The highest BCUT2D eigenvalue weighted by molar-refractivity contribution is 6.04. The summed E-state index contributed by atoms with van der Waals surface area (Å²) in [6, 6.07) is 6.93. The Balaban J connectivity index is 2.15. The average molecular weight is 273 g/mol. The molecule has 1 aliphatic rings. The van der Waals surface area contributed by atoms with Crippen LogP contribution < -0.4 is 11.1 Å². The number of nitrogens with zero attached hydrogens (tertiary/aromatic N) is 1. The number of carbonyl (C=O) groups excluding carboxylic acids is 2. The summed E-state index contributed by atoms with van der Waals surface area (Å²) in [5.74, 6) is -0.500. The van der Waals surface area contributed by atoms with Gasteiger partial charge in [0.1, 0.15) is 0 Å². The Labute approximate surface area is 118 Å². The van der Waals surface area contributed by atoms with Crippen molar-refractivity contribution in [2.75, 3.05) is 19.4 Å². The fourth-order valence-corrected chi connectivity index (χ4v) is 2.17. The van der Waals surface area contributed by atoms with Crippen LogP contribution in [-0.2, 0) is 4.79 Å². The predicted octanol–water partition coefficient (Wildman–Crippen LogP) is 1.23. The zero-order valence-electron chi connectivity index (χ0n) is 11.7. The first-order valence-corrected chi connectivity index (χ1v) is 6.54. The topological polar surface area (TPSA) is 75.4 Å². The lowest BCUT2D eigenvalue weighted by Crippen LogP contribution is -2.27. The minimum atomic E-state index is -0.229. The van der Waals surface area contributed by atoms with Gasteiger partial charge in [-0.15, -0.1) is 0 Å². The number of carbonyl (C=O) groups is 2. The van der Waals surface area contributed by atoms with E-state index in [1.807, 2.05) is 12.2 Å². The van der Waals surface area contributed by atoms with Crippen LogP contribution in [0.4, 0.5) is 5.69 Å². The van der Waals surface area contributed by atoms with Crippen molar-refractivity contribution in [3.05, 3.63) is 42.0 Å². The van der Waals surface area contributed by atoms with E-state index >= 15 is 0 Å². The standard InChI is InChI=1S/C15H19N3O2/c1-18(2)15(20)12-5-3-4-6-13(12)17-14(19)10-7-8-11(16)9-10/h3-8,10-11H,9,16H2,1-2H3,(H,17,19). The van der Waals surface area contributed by atoms with Crippen LogP contribution in [0.2, 0.25) is 0 Å². The van der Waals surface area contributed by atoms with Gasteiger partial charge < -0.3 is 16.0 Å². The van der Waals surface area contributed by atoms with Gasteiger partial charge in [0.15, 0.2) is 0 Å². The molecule has 1 aromatic carbocycles. The molecule has 0 spiro atoms. The third-order valence-corrected chi connectivity index (χ3v) is 3.28. The number of benzene rings is 1. The van der Waals surface area contributed by atoms with E-state index in [9.17, 15) is 9.59 Å². The molecular formula is C15H19N3O2. The van der Waals surface area contributed by atoms with E-state index in [0.717, 1.165) is 0 Å². The van der Waals surface area contributed by atoms with Gasteiger partial charge in [-0.25, -0.2) is 0 Å². The third kappa shape index (κ3) is 3.05.